The van der Waals surface area contributed by atoms with Crippen LogP contribution in [-0.2, 0) is 19.3 Å². The van der Waals surface area contributed by atoms with Crippen LogP contribution in [0.15, 0.2) is 36.5 Å². The van der Waals surface area contributed by atoms with Gasteiger partial charge >= 0.3 is 0 Å². The van der Waals surface area contributed by atoms with Crippen LogP contribution in [-0.4, -0.2) is 19.6 Å². The Bertz CT molecular complexity index is 730. The third-order valence-electron chi connectivity index (χ3n) is 3.66. The minimum Gasteiger partial charge on any atom is -0.219 e. The van der Waals surface area contributed by atoms with Gasteiger partial charge in [-0.2, -0.15) is 4.98 Å². The number of benzene rings is 1. The number of hydrogen-bond donors (Lipinski definition) is 0. The van der Waals surface area contributed by atoms with E-state index in [4.69, 9.17) is 0 Å². The van der Waals surface area contributed by atoms with Crippen LogP contribution in [0.25, 0.3) is 5.78 Å². The highest BCUT2D eigenvalue weighted by Gasteiger charge is 2.17. The van der Waals surface area contributed by atoms with Gasteiger partial charge in [0.1, 0.15) is 0 Å². The van der Waals surface area contributed by atoms with Crippen molar-refractivity contribution in [2.45, 2.75) is 25.7 Å². The molecule has 4 heteroatoms. The normalized spacial score (nSPS) is 13.9. The molecular weight excluding hydrogens is 236 g/mol. The third-order valence-corrected chi connectivity index (χ3v) is 3.66. The predicted molar refractivity (Wildman–Crippen MR) is 72.1 cm³/mol. The van der Waals surface area contributed by atoms with Gasteiger partial charge in [-0.3, -0.25) is 0 Å². The average molecular weight is 250 g/mol. The molecule has 0 radical (unpaired) electrons. The van der Waals surface area contributed by atoms with Gasteiger partial charge in [-0.25, -0.2) is 9.50 Å². The first-order valence-corrected chi connectivity index (χ1v) is 6.66. The van der Waals surface area contributed by atoms with Crippen LogP contribution >= 0.6 is 0 Å². The summed E-state index contributed by atoms with van der Waals surface area (Å²) in [6.45, 7) is 0. The maximum atomic E-state index is 4.62. The molecule has 4 rings (SSSR count). The van der Waals surface area contributed by atoms with Crippen LogP contribution in [0.1, 0.15) is 29.1 Å². The molecule has 4 nitrogen and oxygen atoms in total. The van der Waals surface area contributed by atoms with E-state index in [0.717, 1.165) is 30.9 Å². The highest BCUT2D eigenvalue weighted by Crippen LogP contribution is 2.21. The molecule has 2 heterocycles. The molecule has 3 aromatic rings. The van der Waals surface area contributed by atoms with E-state index >= 15 is 0 Å². The van der Waals surface area contributed by atoms with Crippen molar-refractivity contribution in [3.63, 3.8) is 0 Å². The van der Waals surface area contributed by atoms with E-state index in [-0.39, 0.29) is 0 Å². The minimum atomic E-state index is 0.728. The molecule has 0 aliphatic heterocycles. The SMILES string of the molecule is c1ccc(Cc2nc3ncc4c(n3n2)CCC4)cc1. The van der Waals surface area contributed by atoms with E-state index in [1.807, 2.05) is 28.9 Å². The van der Waals surface area contributed by atoms with E-state index < -0.39 is 0 Å². The first-order valence-electron chi connectivity index (χ1n) is 6.66. The van der Waals surface area contributed by atoms with Crippen LogP contribution in [0.2, 0.25) is 0 Å². The molecule has 0 unspecified atom stereocenters. The van der Waals surface area contributed by atoms with Crippen molar-refractivity contribution in [1.82, 2.24) is 19.6 Å². The van der Waals surface area contributed by atoms with E-state index in [1.54, 1.807) is 0 Å². The lowest BCUT2D eigenvalue weighted by Gasteiger charge is -1.99. The van der Waals surface area contributed by atoms with E-state index in [1.165, 1.54) is 23.2 Å². The summed E-state index contributed by atoms with van der Waals surface area (Å²) >= 11 is 0. The molecular formula is C15H14N4. The van der Waals surface area contributed by atoms with Crippen molar-refractivity contribution in [2.24, 2.45) is 0 Å². The molecule has 0 saturated heterocycles. The Balaban J connectivity index is 1.76. The Kier molecular flexibility index (Phi) is 2.33. The summed E-state index contributed by atoms with van der Waals surface area (Å²) in [5, 5.41) is 4.62. The Morgan fingerprint density at radius 2 is 2.00 bits per heavy atom. The molecule has 0 bridgehead atoms. The van der Waals surface area contributed by atoms with Gasteiger partial charge in [-0.05, 0) is 30.4 Å². The van der Waals surface area contributed by atoms with Gasteiger partial charge in [0.2, 0.25) is 0 Å². The molecule has 0 fully saturated rings. The summed E-state index contributed by atoms with van der Waals surface area (Å²) in [5.74, 6) is 1.57. The van der Waals surface area contributed by atoms with E-state index in [2.05, 4.69) is 27.2 Å². The van der Waals surface area contributed by atoms with Crippen LogP contribution < -0.4 is 0 Å². The summed E-state index contributed by atoms with van der Waals surface area (Å²) in [6.07, 6.45) is 6.12. The fourth-order valence-corrected chi connectivity index (χ4v) is 2.73. The zero-order valence-electron chi connectivity index (χ0n) is 10.6. The van der Waals surface area contributed by atoms with Gasteiger partial charge in [0, 0.05) is 12.6 Å². The van der Waals surface area contributed by atoms with Gasteiger partial charge in [0.15, 0.2) is 5.82 Å². The van der Waals surface area contributed by atoms with Crippen LogP contribution in [0.4, 0.5) is 0 Å². The fourth-order valence-electron chi connectivity index (χ4n) is 2.73. The lowest BCUT2D eigenvalue weighted by atomic mass is 10.1. The summed E-state index contributed by atoms with van der Waals surface area (Å²) in [4.78, 5) is 8.93. The second-order valence-corrected chi connectivity index (χ2v) is 4.99. The largest absolute Gasteiger partial charge is 0.252 e. The van der Waals surface area contributed by atoms with E-state index in [9.17, 15) is 0 Å². The van der Waals surface area contributed by atoms with Crippen molar-refractivity contribution in [3.8, 4) is 0 Å². The highest BCUT2D eigenvalue weighted by molar-refractivity contribution is 5.35. The van der Waals surface area contributed by atoms with Gasteiger partial charge in [-0.1, -0.05) is 30.3 Å². The Hall–Kier alpha value is -2.23. The van der Waals surface area contributed by atoms with Crippen molar-refractivity contribution < 1.29 is 0 Å². The molecule has 1 aliphatic carbocycles. The lowest BCUT2D eigenvalue weighted by Crippen LogP contribution is -2.00. The van der Waals surface area contributed by atoms with Crippen molar-refractivity contribution in [1.29, 1.82) is 0 Å². The number of hydrogen-bond acceptors (Lipinski definition) is 3. The summed E-state index contributed by atoms with van der Waals surface area (Å²) < 4.78 is 1.93. The smallest absolute Gasteiger partial charge is 0.219 e. The average Bonchev–Trinajstić information content (AvgIpc) is 3.04. The molecule has 0 amide bonds. The second-order valence-electron chi connectivity index (χ2n) is 4.99. The summed E-state index contributed by atoms with van der Waals surface area (Å²) in [6, 6.07) is 10.3. The number of aryl methyl sites for hydroxylation is 2. The number of nitrogens with zero attached hydrogens (tertiary/aromatic N) is 4. The highest BCUT2D eigenvalue weighted by atomic mass is 15.3. The minimum absolute atomic E-state index is 0.728. The van der Waals surface area contributed by atoms with Gasteiger partial charge < -0.3 is 0 Å². The van der Waals surface area contributed by atoms with Crippen LogP contribution in [0.5, 0.6) is 0 Å². The molecule has 0 atom stereocenters. The first-order chi connectivity index (χ1) is 9.40. The third kappa shape index (κ3) is 1.80. The summed E-state index contributed by atoms with van der Waals surface area (Å²) in [7, 11) is 0. The Labute approximate surface area is 111 Å². The van der Waals surface area contributed by atoms with Gasteiger partial charge in [0.05, 0.1) is 5.69 Å². The fraction of sp³-hybridized carbons (Fsp3) is 0.267. The summed E-state index contributed by atoms with van der Waals surface area (Å²) in [5.41, 5.74) is 3.84. The zero-order chi connectivity index (χ0) is 12.7. The maximum Gasteiger partial charge on any atom is 0.252 e. The zero-order valence-corrected chi connectivity index (χ0v) is 10.6. The quantitative estimate of drug-likeness (QED) is 0.700. The molecule has 0 spiro atoms. The number of fused-ring (bicyclic) bond motifs is 3. The first kappa shape index (κ1) is 10.7. The second kappa shape index (κ2) is 4.16. The Morgan fingerprint density at radius 1 is 1.11 bits per heavy atom. The van der Waals surface area contributed by atoms with Crippen molar-refractivity contribution in [2.75, 3.05) is 0 Å². The van der Waals surface area contributed by atoms with Crippen LogP contribution in [0.3, 0.4) is 0 Å². The molecule has 94 valence electrons. The Morgan fingerprint density at radius 3 is 2.89 bits per heavy atom. The predicted octanol–water partition coefficient (Wildman–Crippen LogP) is 2.20. The maximum absolute atomic E-state index is 4.62. The molecule has 1 aliphatic rings. The molecule has 1 aromatic carbocycles. The van der Waals surface area contributed by atoms with Gasteiger partial charge in [-0.15, -0.1) is 5.10 Å². The number of aromatic nitrogens is 4. The lowest BCUT2D eigenvalue weighted by molar-refractivity contribution is 0.819. The van der Waals surface area contributed by atoms with Crippen LogP contribution in [0, 0.1) is 0 Å². The monoisotopic (exact) mass is 250 g/mol. The van der Waals surface area contributed by atoms with E-state index in [0.29, 0.717) is 0 Å². The molecule has 0 saturated carbocycles. The van der Waals surface area contributed by atoms with Gasteiger partial charge in [0.25, 0.3) is 5.78 Å². The number of rotatable bonds is 2. The molecule has 0 N–H and O–H groups in total. The topological polar surface area (TPSA) is 43.1 Å². The van der Waals surface area contributed by atoms with Crippen molar-refractivity contribution >= 4 is 5.78 Å². The standard InChI is InChI=1S/C15H14N4/c1-2-5-11(6-3-1)9-14-17-15-16-10-12-7-4-8-13(12)19(15)18-14/h1-3,5-6,10H,4,7-9H2. The van der Waals surface area contributed by atoms with Crippen molar-refractivity contribution in [3.05, 3.63) is 59.2 Å². The molecule has 2 aromatic heterocycles. The molecule has 19 heavy (non-hydrogen) atoms.